The van der Waals surface area contributed by atoms with Crippen LogP contribution in [0.25, 0.3) is 10.9 Å². The van der Waals surface area contributed by atoms with E-state index in [0.29, 0.717) is 16.9 Å². The number of aromatic hydroxyl groups is 1. The molecule has 6 nitrogen and oxygen atoms in total. The van der Waals surface area contributed by atoms with Crippen LogP contribution < -0.4 is 10.6 Å². The molecule has 2 aromatic rings. The minimum atomic E-state index is -1.03. The quantitative estimate of drug-likeness (QED) is 0.675. The number of rotatable bonds is 3. The fraction of sp³-hybridized carbons (Fsp3) is 0.286. The van der Waals surface area contributed by atoms with Crippen LogP contribution in [0.15, 0.2) is 24.4 Å². The summed E-state index contributed by atoms with van der Waals surface area (Å²) in [7, 11) is 0. The first-order valence-electron chi connectivity index (χ1n) is 6.47. The van der Waals surface area contributed by atoms with E-state index in [0.717, 1.165) is 25.2 Å². The Balaban J connectivity index is 2.03. The molecule has 1 aromatic heterocycles. The largest absolute Gasteiger partial charge is 0.506 e. The predicted octanol–water partition coefficient (Wildman–Crippen LogP) is 1.41. The standard InChI is InChI=1S/C14H15N3O3/c18-12-2-1-10(14(19)20)11-5-9(7-16-13(11)12)17-8-3-4-15-6-8/h1-2,5,7-8,15,17-18H,3-4,6H2,(H,19,20). The normalized spacial score (nSPS) is 18.3. The van der Waals surface area contributed by atoms with E-state index in [4.69, 9.17) is 0 Å². The van der Waals surface area contributed by atoms with Gasteiger partial charge in [-0.15, -0.1) is 0 Å². The zero-order valence-electron chi connectivity index (χ0n) is 10.8. The predicted molar refractivity (Wildman–Crippen MR) is 75.3 cm³/mol. The van der Waals surface area contributed by atoms with Gasteiger partial charge in [-0.2, -0.15) is 0 Å². The molecule has 3 rings (SSSR count). The van der Waals surface area contributed by atoms with E-state index in [-0.39, 0.29) is 11.3 Å². The zero-order chi connectivity index (χ0) is 14.1. The van der Waals surface area contributed by atoms with E-state index in [9.17, 15) is 15.0 Å². The van der Waals surface area contributed by atoms with Crippen LogP contribution in [0.5, 0.6) is 5.75 Å². The Hall–Kier alpha value is -2.34. The molecule has 1 aliphatic heterocycles. The number of phenols is 1. The number of aromatic carboxylic acids is 1. The summed E-state index contributed by atoms with van der Waals surface area (Å²) >= 11 is 0. The summed E-state index contributed by atoms with van der Waals surface area (Å²) in [6.45, 7) is 1.85. The van der Waals surface area contributed by atoms with E-state index in [1.807, 2.05) is 0 Å². The first kappa shape index (κ1) is 12.7. The molecule has 1 fully saturated rings. The number of anilines is 1. The van der Waals surface area contributed by atoms with Crippen molar-refractivity contribution >= 4 is 22.6 Å². The number of carbonyl (C=O) groups is 1. The Labute approximate surface area is 115 Å². The van der Waals surface area contributed by atoms with E-state index in [1.165, 1.54) is 12.1 Å². The molecule has 0 saturated carbocycles. The molecule has 0 radical (unpaired) electrons. The number of nitrogens with one attached hydrogen (secondary N) is 2. The van der Waals surface area contributed by atoms with Gasteiger partial charge in [0.15, 0.2) is 0 Å². The van der Waals surface area contributed by atoms with Crippen molar-refractivity contribution in [1.82, 2.24) is 10.3 Å². The molecule has 4 N–H and O–H groups in total. The maximum absolute atomic E-state index is 11.2. The number of pyridine rings is 1. The smallest absolute Gasteiger partial charge is 0.336 e. The maximum Gasteiger partial charge on any atom is 0.336 e. The van der Waals surface area contributed by atoms with Gasteiger partial charge in [0, 0.05) is 18.0 Å². The first-order chi connectivity index (χ1) is 9.65. The molecule has 6 heteroatoms. The lowest BCUT2D eigenvalue weighted by atomic mass is 10.1. The molecule has 1 unspecified atom stereocenters. The minimum Gasteiger partial charge on any atom is -0.506 e. The van der Waals surface area contributed by atoms with Crippen LogP contribution in [0.3, 0.4) is 0 Å². The lowest BCUT2D eigenvalue weighted by Gasteiger charge is -2.13. The number of hydrogen-bond donors (Lipinski definition) is 4. The summed E-state index contributed by atoms with van der Waals surface area (Å²) in [4.78, 5) is 15.4. The highest BCUT2D eigenvalue weighted by molar-refractivity contribution is 6.05. The lowest BCUT2D eigenvalue weighted by Crippen LogP contribution is -2.22. The molecule has 0 amide bonds. The minimum absolute atomic E-state index is 0.0147. The summed E-state index contributed by atoms with van der Waals surface area (Å²) in [6.07, 6.45) is 2.63. The second-order valence-electron chi connectivity index (χ2n) is 4.89. The van der Waals surface area contributed by atoms with Crippen LogP contribution in [-0.4, -0.2) is 40.3 Å². The van der Waals surface area contributed by atoms with Crippen LogP contribution in [-0.2, 0) is 0 Å². The zero-order valence-corrected chi connectivity index (χ0v) is 10.8. The van der Waals surface area contributed by atoms with Gasteiger partial charge in [0.25, 0.3) is 0 Å². The van der Waals surface area contributed by atoms with Gasteiger partial charge in [0.2, 0.25) is 0 Å². The van der Waals surface area contributed by atoms with Gasteiger partial charge in [0.1, 0.15) is 11.3 Å². The Morgan fingerprint density at radius 3 is 3.00 bits per heavy atom. The summed E-state index contributed by atoms with van der Waals surface area (Å²) in [5, 5.41) is 26.0. The Morgan fingerprint density at radius 1 is 1.45 bits per heavy atom. The highest BCUT2D eigenvalue weighted by atomic mass is 16.4. The van der Waals surface area contributed by atoms with Crippen molar-refractivity contribution < 1.29 is 15.0 Å². The molecular weight excluding hydrogens is 258 g/mol. The van der Waals surface area contributed by atoms with E-state index < -0.39 is 5.97 Å². The molecule has 104 valence electrons. The monoisotopic (exact) mass is 273 g/mol. The fourth-order valence-electron chi connectivity index (χ4n) is 2.48. The molecule has 1 aliphatic rings. The molecular formula is C14H15N3O3. The Kier molecular flexibility index (Phi) is 3.15. The molecule has 0 spiro atoms. The topological polar surface area (TPSA) is 94.5 Å². The van der Waals surface area contributed by atoms with Crippen LogP contribution in [0, 0.1) is 0 Å². The third-order valence-corrected chi connectivity index (χ3v) is 3.49. The third-order valence-electron chi connectivity index (χ3n) is 3.49. The van der Waals surface area contributed by atoms with Crippen molar-refractivity contribution in [2.45, 2.75) is 12.5 Å². The summed E-state index contributed by atoms with van der Waals surface area (Å²) in [5.74, 6) is -1.05. The summed E-state index contributed by atoms with van der Waals surface area (Å²) in [6, 6.07) is 4.79. The number of fused-ring (bicyclic) bond motifs is 1. The fourth-order valence-corrected chi connectivity index (χ4v) is 2.48. The molecule has 1 saturated heterocycles. The number of benzene rings is 1. The number of phenolic OH excluding ortho intramolecular Hbond substituents is 1. The van der Waals surface area contributed by atoms with Gasteiger partial charge in [0.05, 0.1) is 17.4 Å². The van der Waals surface area contributed by atoms with Crippen LogP contribution in [0.1, 0.15) is 16.8 Å². The number of nitrogens with zero attached hydrogens (tertiary/aromatic N) is 1. The Morgan fingerprint density at radius 2 is 2.30 bits per heavy atom. The highest BCUT2D eigenvalue weighted by Crippen LogP contribution is 2.28. The van der Waals surface area contributed by atoms with Gasteiger partial charge in [-0.3, -0.25) is 4.98 Å². The third kappa shape index (κ3) is 2.25. The van der Waals surface area contributed by atoms with Gasteiger partial charge < -0.3 is 20.8 Å². The molecule has 0 bridgehead atoms. The van der Waals surface area contributed by atoms with Crippen molar-refractivity contribution in [2.75, 3.05) is 18.4 Å². The van der Waals surface area contributed by atoms with Crippen LogP contribution >= 0.6 is 0 Å². The average molecular weight is 273 g/mol. The van der Waals surface area contributed by atoms with Gasteiger partial charge >= 0.3 is 5.97 Å². The molecule has 0 aliphatic carbocycles. The SMILES string of the molecule is O=C(O)c1ccc(O)c2ncc(NC3CCNC3)cc12. The van der Waals surface area contributed by atoms with Crippen molar-refractivity contribution in [3.05, 3.63) is 30.0 Å². The van der Waals surface area contributed by atoms with Crippen molar-refractivity contribution in [1.29, 1.82) is 0 Å². The molecule has 2 heterocycles. The van der Waals surface area contributed by atoms with E-state index in [1.54, 1.807) is 12.3 Å². The summed E-state index contributed by atoms with van der Waals surface area (Å²) < 4.78 is 0. The highest BCUT2D eigenvalue weighted by Gasteiger charge is 2.16. The number of aromatic nitrogens is 1. The second-order valence-corrected chi connectivity index (χ2v) is 4.89. The number of carboxylic acid groups (broad SMARTS) is 1. The lowest BCUT2D eigenvalue weighted by molar-refractivity contribution is 0.0699. The molecule has 1 atom stereocenters. The van der Waals surface area contributed by atoms with Crippen molar-refractivity contribution in [3.8, 4) is 5.75 Å². The van der Waals surface area contributed by atoms with Gasteiger partial charge in [-0.25, -0.2) is 4.79 Å². The second kappa shape index (κ2) is 4.97. The van der Waals surface area contributed by atoms with Crippen molar-refractivity contribution in [2.24, 2.45) is 0 Å². The first-order valence-corrected chi connectivity index (χ1v) is 6.47. The maximum atomic E-state index is 11.2. The van der Waals surface area contributed by atoms with Crippen LogP contribution in [0.4, 0.5) is 5.69 Å². The van der Waals surface area contributed by atoms with Gasteiger partial charge in [-0.05, 0) is 31.2 Å². The van der Waals surface area contributed by atoms with Crippen molar-refractivity contribution in [3.63, 3.8) is 0 Å². The molecule has 20 heavy (non-hydrogen) atoms. The van der Waals surface area contributed by atoms with E-state index >= 15 is 0 Å². The van der Waals surface area contributed by atoms with Gasteiger partial charge in [-0.1, -0.05) is 0 Å². The Bertz CT molecular complexity index is 666. The summed E-state index contributed by atoms with van der Waals surface area (Å²) in [5.41, 5.74) is 1.21. The average Bonchev–Trinajstić information content (AvgIpc) is 2.91. The van der Waals surface area contributed by atoms with Crippen LogP contribution in [0.2, 0.25) is 0 Å². The van der Waals surface area contributed by atoms with E-state index in [2.05, 4.69) is 15.6 Å². The number of carboxylic acids is 1. The number of hydrogen-bond acceptors (Lipinski definition) is 5. The molecule has 1 aromatic carbocycles.